The number of allylic oxidation sites excluding steroid dienone is 2. The third-order valence-corrected chi connectivity index (χ3v) is 3.71. The molecule has 2 aliphatic rings. The summed E-state index contributed by atoms with van der Waals surface area (Å²) in [4.78, 5) is 13.1. The van der Waals surface area contributed by atoms with E-state index < -0.39 is 0 Å². The van der Waals surface area contributed by atoms with Crippen LogP contribution in [0, 0.1) is 5.92 Å². The Bertz CT molecular complexity index is 275. The third-order valence-electron chi connectivity index (χ3n) is 3.71. The highest BCUT2D eigenvalue weighted by Gasteiger charge is 2.24. The number of amides is 1. The van der Waals surface area contributed by atoms with Gasteiger partial charge in [0.15, 0.2) is 0 Å². The normalized spacial score (nSPS) is 29.7. The van der Waals surface area contributed by atoms with Crippen molar-refractivity contribution in [3.8, 4) is 0 Å². The van der Waals surface area contributed by atoms with Gasteiger partial charge < -0.3 is 10.2 Å². The zero-order chi connectivity index (χ0) is 11.4. The predicted molar refractivity (Wildman–Crippen MR) is 65.1 cm³/mol. The van der Waals surface area contributed by atoms with Gasteiger partial charge >= 0.3 is 0 Å². The molecule has 1 saturated heterocycles. The molecular formula is C13H22N2O. The van der Waals surface area contributed by atoms with Crippen molar-refractivity contribution in [3.63, 3.8) is 0 Å². The largest absolute Gasteiger partial charge is 0.341 e. The smallest absolute Gasteiger partial charge is 0.219 e. The average molecular weight is 222 g/mol. The molecule has 0 spiro atoms. The van der Waals surface area contributed by atoms with Crippen molar-refractivity contribution in [1.29, 1.82) is 0 Å². The fourth-order valence-corrected chi connectivity index (χ4v) is 2.59. The Labute approximate surface area is 97.9 Å². The maximum absolute atomic E-state index is 11.2. The standard InChI is InChI=1S/C13H22N2O/c1-11(16)15-8-7-13(10-15)14-9-12-5-3-2-4-6-12/h2-3,12-14H,4-10H2,1H3. The zero-order valence-electron chi connectivity index (χ0n) is 10.1. The summed E-state index contributed by atoms with van der Waals surface area (Å²) in [6.07, 6.45) is 9.46. The molecule has 2 unspecified atom stereocenters. The Morgan fingerprint density at radius 2 is 2.31 bits per heavy atom. The monoisotopic (exact) mass is 222 g/mol. The number of likely N-dealkylation sites (tertiary alicyclic amines) is 1. The number of nitrogens with one attached hydrogen (secondary N) is 1. The summed E-state index contributed by atoms with van der Waals surface area (Å²) in [6, 6.07) is 0.523. The van der Waals surface area contributed by atoms with Crippen molar-refractivity contribution in [1.82, 2.24) is 10.2 Å². The summed E-state index contributed by atoms with van der Waals surface area (Å²) in [6.45, 7) is 4.60. The van der Waals surface area contributed by atoms with E-state index in [1.807, 2.05) is 4.90 Å². The molecule has 1 aliphatic carbocycles. The molecule has 1 aliphatic heterocycles. The molecule has 2 rings (SSSR count). The molecule has 1 heterocycles. The second kappa shape index (κ2) is 5.48. The maximum Gasteiger partial charge on any atom is 0.219 e. The van der Waals surface area contributed by atoms with Crippen LogP contribution in [-0.2, 0) is 4.79 Å². The summed E-state index contributed by atoms with van der Waals surface area (Å²) in [7, 11) is 0. The zero-order valence-corrected chi connectivity index (χ0v) is 10.1. The molecule has 0 aromatic carbocycles. The van der Waals surface area contributed by atoms with Gasteiger partial charge in [0.2, 0.25) is 5.91 Å². The number of rotatable bonds is 3. The second-order valence-corrected chi connectivity index (χ2v) is 5.01. The minimum absolute atomic E-state index is 0.213. The quantitative estimate of drug-likeness (QED) is 0.735. The van der Waals surface area contributed by atoms with Gasteiger partial charge in [-0.2, -0.15) is 0 Å². The third kappa shape index (κ3) is 3.08. The Balaban J connectivity index is 1.67. The molecule has 1 N–H and O–H groups in total. The summed E-state index contributed by atoms with van der Waals surface area (Å²) in [5, 5.41) is 3.61. The highest BCUT2D eigenvalue weighted by atomic mass is 16.2. The van der Waals surface area contributed by atoms with Crippen molar-refractivity contribution in [3.05, 3.63) is 12.2 Å². The molecule has 1 amide bonds. The fraction of sp³-hybridized carbons (Fsp3) is 0.769. The van der Waals surface area contributed by atoms with Crippen LogP contribution in [0.15, 0.2) is 12.2 Å². The van der Waals surface area contributed by atoms with Crippen LogP contribution in [0.2, 0.25) is 0 Å². The second-order valence-electron chi connectivity index (χ2n) is 5.01. The molecule has 3 heteroatoms. The van der Waals surface area contributed by atoms with Crippen LogP contribution in [0.4, 0.5) is 0 Å². The van der Waals surface area contributed by atoms with Gasteiger partial charge in [-0.1, -0.05) is 12.2 Å². The van der Waals surface area contributed by atoms with E-state index in [1.165, 1.54) is 19.3 Å². The van der Waals surface area contributed by atoms with Gasteiger partial charge in [-0.15, -0.1) is 0 Å². The summed E-state index contributed by atoms with van der Waals surface area (Å²) < 4.78 is 0. The maximum atomic E-state index is 11.2. The lowest BCUT2D eigenvalue weighted by Crippen LogP contribution is -2.37. The van der Waals surface area contributed by atoms with Crippen molar-refractivity contribution < 1.29 is 4.79 Å². The molecule has 0 aromatic rings. The molecule has 0 saturated carbocycles. The number of carbonyl (C=O) groups excluding carboxylic acids is 1. The minimum Gasteiger partial charge on any atom is -0.341 e. The molecule has 0 aromatic heterocycles. The van der Waals surface area contributed by atoms with Crippen LogP contribution in [0.1, 0.15) is 32.6 Å². The van der Waals surface area contributed by atoms with Crippen molar-refractivity contribution in [2.75, 3.05) is 19.6 Å². The molecule has 2 atom stereocenters. The topological polar surface area (TPSA) is 32.3 Å². The highest BCUT2D eigenvalue weighted by molar-refractivity contribution is 5.73. The minimum atomic E-state index is 0.213. The van der Waals surface area contributed by atoms with Gasteiger partial charge in [-0.3, -0.25) is 4.79 Å². The Hall–Kier alpha value is -0.830. The lowest BCUT2D eigenvalue weighted by molar-refractivity contribution is -0.127. The Kier molecular flexibility index (Phi) is 3.99. The van der Waals surface area contributed by atoms with E-state index in [2.05, 4.69) is 17.5 Å². The van der Waals surface area contributed by atoms with Crippen LogP contribution in [0.25, 0.3) is 0 Å². The van der Waals surface area contributed by atoms with Crippen LogP contribution in [-0.4, -0.2) is 36.5 Å². The Morgan fingerprint density at radius 1 is 1.44 bits per heavy atom. The van der Waals surface area contributed by atoms with Crippen LogP contribution in [0.3, 0.4) is 0 Å². The predicted octanol–water partition coefficient (Wildman–Crippen LogP) is 1.55. The molecule has 0 radical (unpaired) electrons. The highest BCUT2D eigenvalue weighted by Crippen LogP contribution is 2.18. The first-order valence-corrected chi connectivity index (χ1v) is 6.39. The van der Waals surface area contributed by atoms with Gasteiger partial charge in [0, 0.05) is 26.1 Å². The van der Waals surface area contributed by atoms with Gasteiger partial charge in [-0.25, -0.2) is 0 Å². The lowest BCUT2D eigenvalue weighted by atomic mass is 9.94. The van der Waals surface area contributed by atoms with E-state index in [1.54, 1.807) is 6.92 Å². The SMILES string of the molecule is CC(=O)N1CCC(NCC2CC=CCC2)C1. The van der Waals surface area contributed by atoms with E-state index >= 15 is 0 Å². The number of nitrogens with zero attached hydrogens (tertiary/aromatic N) is 1. The van der Waals surface area contributed by atoms with Crippen LogP contribution < -0.4 is 5.32 Å². The van der Waals surface area contributed by atoms with E-state index in [9.17, 15) is 4.79 Å². The summed E-state index contributed by atoms with van der Waals surface area (Å²) in [5.74, 6) is 1.02. The van der Waals surface area contributed by atoms with E-state index in [-0.39, 0.29) is 5.91 Å². The molecule has 0 bridgehead atoms. The first kappa shape index (κ1) is 11.6. The van der Waals surface area contributed by atoms with Crippen LogP contribution >= 0.6 is 0 Å². The number of carbonyl (C=O) groups is 1. The van der Waals surface area contributed by atoms with E-state index in [0.717, 1.165) is 32.0 Å². The van der Waals surface area contributed by atoms with Crippen molar-refractivity contribution in [2.45, 2.75) is 38.6 Å². The molecule has 16 heavy (non-hydrogen) atoms. The first-order valence-electron chi connectivity index (χ1n) is 6.39. The van der Waals surface area contributed by atoms with Crippen molar-refractivity contribution >= 4 is 5.91 Å². The molecule has 90 valence electrons. The van der Waals surface area contributed by atoms with Gasteiger partial charge in [-0.05, 0) is 38.1 Å². The average Bonchev–Trinajstić information content (AvgIpc) is 2.76. The fourth-order valence-electron chi connectivity index (χ4n) is 2.59. The summed E-state index contributed by atoms with van der Waals surface area (Å²) >= 11 is 0. The van der Waals surface area contributed by atoms with Gasteiger partial charge in [0.1, 0.15) is 0 Å². The Morgan fingerprint density at radius 3 is 2.94 bits per heavy atom. The number of hydrogen-bond acceptors (Lipinski definition) is 2. The molecular weight excluding hydrogens is 200 g/mol. The van der Waals surface area contributed by atoms with Crippen LogP contribution in [0.5, 0.6) is 0 Å². The first-order chi connectivity index (χ1) is 7.75. The lowest BCUT2D eigenvalue weighted by Gasteiger charge is -2.21. The van der Waals surface area contributed by atoms with E-state index in [4.69, 9.17) is 0 Å². The summed E-state index contributed by atoms with van der Waals surface area (Å²) in [5.41, 5.74) is 0. The van der Waals surface area contributed by atoms with Gasteiger partial charge in [0.25, 0.3) is 0 Å². The van der Waals surface area contributed by atoms with Crippen molar-refractivity contribution in [2.24, 2.45) is 5.92 Å². The van der Waals surface area contributed by atoms with E-state index in [0.29, 0.717) is 6.04 Å². The van der Waals surface area contributed by atoms with Gasteiger partial charge in [0.05, 0.1) is 0 Å². The number of hydrogen-bond donors (Lipinski definition) is 1. The molecule has 3 nitrogen and oxygen atoms in total. The molecule has 1 fully saturated rings.